The van der Waals surface area contributed by atoms with Crippen molar-refractivity contribution in [3.05, 3.63) is 12.4 Å². The van der Waals surface area contributed by atoms with Crippen molar-refractivity contribution in [3.8, 4) is 0 Å². The van der Waals surface area contributed by atoms with Crippen LogP contribution in [0.15, 0.2) is 12.4 Å². The SMILES string of the molecule is CCCC(C)NC(=O)C(C)n1cc(N)cn1. The quantitative estimate of drug-likeness (QED) is 0.792. The summed E-state index contributed by atoms with van der Waals surface area (Å²) < 4.78 is 1.57. The lowest BCUT2D eigenvalue weighted by Crippen LogP contribution is -2.37. The van der Waals surface area contributed by atoms with Gasteiger partial charge in [-0.1, -0.05) is 13.3 Å². The van der Waals surface area contributed by atoms with Gasteiger partial charge in [-0.15, -0.1) is 0 Å². The number of anilines is 1. The number of rotatable bonds is 5. The summed E-state index contributed by atoms with van der Waals surface area (Å²) in [4.78, 5) is 11.8. The molecule has 2 atom stereocenters. The van der Waals surface area contributed by atoms with Crippen LogP contribution >= 0.6 is 0 Å². The maximum absolute atomic E-state index is 11.8. The summed E-state index contributed by atoms with van der Waals surface area (Å²) in [5.74, 6) is -0.0240. The molecule has 0 radical (unpaired) electrons. The van der Waals surface area contributed by atoms with E-state index in [1.807, 2.05) is 6.92 Å². The molecule has 1 rings (SSSR count). The van der Waals surface area contributed by atoms with Crippen LogP contribution in [0.2, 0.25) is 0 Å². The average Bonchev–Trinajstić information content (AvgIpc) is 2.64. The standard InChI is InChI=1S/C11H20N4O/c1-4-5-8(2)14-11(16)9(3)15-7-10(12)6-13-15/h6-9H,4-5,12H2,1-3H3,(H,14,16). The molecule has 3 N–H and O–H groups in total. The first kappa shape index (κ1) is 12.5. The minimum atomic E-state index is -0.323. The van der Waals surface area contributed by atoms with Gasteiger partial charge >= 0.3 is 0 Å². The molecule has 1 aromatic heterocycles. The van der Waals surface area contributed by atoms with E-state index in [1.165, 1.54) is 0 Å². The Hall–Kier alpha value is -1.52. The average molecular weight is 224 g/mol. The highest BCUT2D eigenvalue weighted by Gasteiger charge is 2.17. The molecule has 0 aromatic carbocycles. The second kappa shape index (κ2) is 5.53. The Morgan fingerprint density at radius 3 is 2.81 bits per heavy atom. The molecule has 0 saturated carbocycles. The highest BCUT2D eigenvalue weighted by molar-refractivity contribution is 5.80. The van der Waals surface area contributed by atoms with Crippen LogP contribution in [0, 0.1) is 0 Å². The maximum atomic E-state index is 11.8. The predicted octanol–water partition coefficient (Wildman–Crippen LogP) is 1.33. The third-order valence-electron chi connectivity index (χ3n) is 2.51. The molecule has 1 amide bonds. The highest BCUT2D eigenvalue weighted by atomic mass is 16.2. The Labute approximate surface area is 96.0 Å². The molecule has 0 spiro atoms. The predicted molar refractivity (Wildman–Crippen MR) is 63.9 cm³/mol. The number of nitrogens with one attached hydrogen (secondary N) is 1. The number of aromatic nitrogens is 2. The van der Waals surface area contributed by atoms with Gasteiger partial charge in [0, 0.05) is 12.2 Å². The fourth-order valence-electron chi connectivity index (χ4n) is 1.55. The summed E-state index contributed by atoms with van der Waals surface area (Å²) in [6.45, 7) is 5.91. The van der Waals surface area contributed by atoms with Gasteiger partial charge < -0.3 is 11.1 Å². The van der Waals surface area contributed by atoms with Gasteiger partial charge in [0.2, 0.25) is 5.91 Å². The van der Waals surface area contributed by atoms with Gasteiger partial charge in [-0.3, -0.25) is 9.48 Å². The Kier molecular flexibility index (Phi) is 4.34. The zero-order valence-electron chi connectivity index (χ0n) is 10.1. The Balaban J connectivity index is 2.54. The summed E-state index contributed by atoms with van der Waals surface area (Å²) in [5, 5.41) is 6.97. The van der Waals surface area contributed by atoms with Crippen LogP contribution in [0.4, 0.5) is 5.69 Å². The summed E-state index contributed by atoms with van der Waals surface area (Å²) in [5.41, 5.74) is 6.12. The molecule has 0 saturated heterocycles. The summed E-state index contributed by atoms with van der Waals surface area (Å²) >= 11 is 0. The Morgan fingerprint density at radius 2 is 2.31 bits per heavy atom. The lowest BCUT2D eigenvalue weighted by Gasteiger charge is -2.17. The number of hydrogen-bond donors (Lipinski definition) is 2. The van der Waals surface area contributed by atoms with E-state index in [-0.39, 0.29) is 18.0 Å². The molecule has 0 aliphatic heterocycles. The Morgan fingerprint density at radius 1 is 1.62 bits per heavy atom. The van der Waals surface area contributed by atoms with Gasteiger partial charge in [0.15, 0.2) is 0 Å². The minimum Gasteiger partial charge on any atom is -0.396 e. The van der Waals surface area contributed by atoms with Crippen molar-refractivity contribution < 1.29 is 4.79 Å². The molecule has 0 fully saturated rings. The van der Waals surface area contributed by atoms with E-state index < -0.39 is 0 Å². The van der Waals surface area contributed by atoms with Gasteiger partial charge in [-0.25, -0.2) is 0 Å². The lowest BCUT2D eigenvalue weighted by atomic mass is 10.2. The zero-order valence-corrected chi connectivity index (χ0v) is 10.1. The summed E-state index contributed by atoms with van der Waals surface area (Å²) in [7, 11) is 0. The van der Waals surface area contributed by atoms with E-state index in [1.54, 1.807) is 24.0 Å². The number of nitrogen functional groups attached to an aromatic ring is 1. The van der Waals surface area contributed by atoms with Crippen LogP contribution in [-0.4, -0.2) is 21.7 Å². The van der Waals surface area contributed by atoms with Gasteiger partial charge in [0.25, 0.3) is 0 Å². The van der Waals surface area contributed by atoms with Crippen LogP contribution in [0.5, 0.6) is 0 Å². The van der Waals surface area contributed by atoms with Crippen molar-refractivity contribution in [3.63, 3.8) is 0 Å². The monoisotopic (exact) mass is 224 g/mol. The van der Waals surface area contributed by atoms with Gasteiger partial charge in [0.05, 0.1) is 11.9 Å². The van der Waals surface area contributed by atoms with Crippen molar-refractivity contribution in [2.24, 2.45) is 0 Å². The number of nitrogens with zero attached hydrogens (tertiary/aromatic N) is 2. The van der Waals surface area contributed by atoms with E-state index in [4.69, 9.17) is 5.73 Å². The summed E-state index contributed by atoms with van der Waals surface area (Å²) in [6.07, 6.45) is 5.25. The molecule has 90 valence electrons. The van der Waals surface area contributed by atoms with Crippen LogP contribution in [0.3, 0.4) is 0 Å². The van der Waals surface area contributed by atoms with Crippen LogP contribution in [0.25, 0.3) is 0 Å². The Bertz CT molecular complexity index is 348. The second-order valence-corrected chi connectivity index (χ2v) is 4.13. The van der Waals surface area contributed by atoms with Gasteiger partial charge in [-0.05, 0) is 20.3 Å². The minimum absolute atomic E-state index is 0.0240. The number of carbonyl (C=O) groups is 1. The molecular weight excluding hydrogens is 204 g/mol. The van der Waals surface area contributed by atoms with Crippen molar-refractivity contribution in [1.29, 1.82) is 0 Å². The highest BCUT2D eigenvalue weighted by Crippen LogP contribution is 2.08. The molecule has 5 nitrogen and oxygen atoms in total. The maximum Gasteiger partial charge on any atom is 0.244 e. The van der Waals surface area contributed by atoms with Crippen molar-refractivity contribution in [2.75, 3.05) is 5.73 Å². The van der Waals surface area contributed by atoms with E-state index >= 15 is 0 Å². The molecular formula is C11H20N4O. The zero-order chi connectivity index (χ0) is 12.1. The molecule has 16 heavy (non-hydrogen) atoms. The molecule has 2 unspecified atom stereocenters. The van der Waals surface area contributed by atoms with Crippen LogP contribution < -0.4 is 11.1 Å². The van der Waals surface area contributed by atoms with Crippen molar-refractivity contribution in [1.82, 2.24) is 15.1 Å². The molecule has 1 aromatic rings. The third kappa shape index (κ3) is 3.25. The van der Waals surface area contributed by atoms with Crippen LogP contribution in [-0.2, 0) is 4.79 Å². The van der Waals surface area contributed by atoms with E-state index in [9.17, 15) is 4.79 Å². The van der Waals surface area contributed by atoms with Crippen molar-refractivity contribution >= 4 is 11.6 Å². The fourth-order valence-corrected chi connectivity index (χ4v) is 1.55. The molecule has 1 heterocycles. The van der Waals surface area contributed by atoms with E-state index in [0.717, 1.165) is 12.8 Å². The molecule has 5 heteroatoms. The normalized spacial score (nSPS) is 14.4. The lowest BCUT2D eigenvalue weighted by molar-refractivity contribution is -0.124. The largest absolute Gasteiger partial charge is 0.396 e. The summed E-state index contributed by atoms with van der Waals surface area (Å²) in [6, 6.07) is -0.121. The smallest absolute Gasteiger partial charge is 0.244 e. The number of carbonyl (C=O) groups excluding carboxylic acids is 1. The second-order valence-electron chi connectivity index (χ2n) is 4.13. The number of hydrogen-bond acceptors (Lipinski definition) is 3. The number of amides is 1. The first-order chi connectivity index (χ1) is 7.54. The topological polar surface area (TPSA) is 72.9 Å². The molecule has 0 bridgehead atoms. The van der Waals surface area contributed by atoms with Gasteiger partial charge in [-0.2, -0.15) is 5.10 Å². The molecule has 0 aliphatic carbocycles. The van der Waals surface area contributed by atoms with E-state index in [0.29, 0.717) is 5.69 Å². The van der Waals surface area contributed by atoms with Gasteiger partial charge in [0.1, 0.15) is 6.04 Å². The molecule has 0 aliphatic rings. The first-order valence-corrected chi connectivity index (χ1v) is 5.64. The fraction of sp³-hybridized carbons (Fsp3) is 0.636. The first-order valence-electron chi connectivity index (χ1n) is 5.64. The van der Waals surface area contributed by atoms with Crippen molar-refractivity contribution in [2.45, 2.75) is 45.7 Å². The third-order valence-corrected chi connectivity index (χ3v) is 2.51. The van der Waals surface area contributed by atoms with Crippen LogP contribution in [0.1, 0.15) is 39.7 Å². The van der Waals surface area contributed by atoms with E-state index in [2.05, 4.69) is 17.3 Å². The number of nitrogens with two attached hydrogens (primary N) is 1.